The molecule has 0 unspecified atom stereocenters. The number of hydrogen-bond acceptors (Lipinski definition) is 3. The van der Waals surface area contributed by atoms with E-state index in [0.29, 0.717) is 0 Å². The van der Waals surface area contributed by atoms with Crippen LogP contribution in [0.15, 0.2) is 36.7 Å². The van der Waals surface area contributed by atoms with Crippen LogP contribution in [0, 0.1) is 0 Å². The summed E-state index contributed by atoms with van der Waals surface area (Å²) in [6.07, 6.45) is 6.91. The van der Waals surface area contributed by atoms with E-state index in [-0.39, 0.29) is 0 Å². The van der Waals surface area contributed by atoms with Crippen molar-refractivity contribution in [1.82, 2.24) is 4.98 Å². The lowest BCUT2D eigenvalue weighted by molar-refractivity contribution is 0.399. The van der Waals surface area contributed by atoms with Crippen LogP contribution >= 0.6 is 0 Å². The Morgan fingerprint density at radius 1 is 1.10 bits per heavy atom. The molecule has 0 fully saturated rings. The van der Waals surface area contributed by atoms with E-state index in [1.165, 1.54) is 5.56 Å². The van der Waals surface area contributed by atoms with E-state index in [0.717, 1.165) is 41.9 Å². The minimum absolute atomic E-state index is 0.866. The van der Waals surface area contributed by atoms with Crippen molar-refractivity contribution >= 4 is 0 Å². The lowest BCUT2D eigenvalue weighted by Gasteiger charge is -2.15. The number of aryl methyl sites for hydroxylation is 1. The summed E-state index contributed by atoms with van der Waals surface area (Å²) in [6, 6.07) is 8.07. The van der Waals surface area contributed by atoms with Crippen LogP contribution in [0.2, 0.25) is 0 Å². The molecule has 0 radical (unpaired) electrons. The van der Waals surface area contributed by atoms with Crippen LogP contribution in [-0.4, -0.2) is 19.2 Å². The van der Waals surface area contributed by atoms with E-state index in [1.807, 2.05) is 24.4 Å². The summed E-state index contributed by atoms with van der Waals surface area (Å²) in [7, 11) is 3.41. The highest BCUT2D eigenvalue weighted by molar-refractivity contribution is 5.72. The Kier molecular flexibility index (Phi) is 4.99. The molecule has 0 aliphatic carbocycles. The number of unbranched alkanes of at least 4 members (excludes halogenated alkanes) is 1. The number of ether oxygens (including phenoxy) is 2. The van der Waals surface area contributed by atoms with Gasteiger partial charge >= 0.3 is 0 Å². The van der Waals surface area contributed by atoms with E-state index < -0.39 is 0 Å². The maximum absolute atomic E-state index is 5.54. The SMILES string of the molecule is CCCCc1cc(OC)c(-c2cccnc2)cc1OC. The molecule has 1 aromatic carbocycles. The minimum Gasteiger partial charge on any atom is -0.496 e. The Balaban J connectivity index is 2.47. The van der Waals surface area contributed by atoms with Gasteiger partial charge in [-0.05, 0) is 36.6 Å². The van der Waals surface area contributed by atoms with E-state index in [9.17, 15) is 0 Å². The van der Waals surface area contributed by atoms with Gasteiger partial charge in [0.15, 0.2) is 0 Å². The van der Waals surface area contributed by atoms with Crippen molar-refractivity contribution in [3.05, 3.63) is 42.2 Å². The number of aromatic nitrogens is 1. The van der Waals surface area contributed by atoms with Gasteiger partial charge in [-0.25, -0.2) is 0 Å². The molecule has 0 N–H and O–H groups in total. The molecule has 0 saturated heterocycles. The Morgan fingerprint density at radius 3 is 2.50 bits per heavy atom. The second kappa shape index (κ2) is 6.94. The molecule has 0 aliphatic rings. The van der Waals surface area contributed by atoms with Crippen LogP contribution in [0.1, 0.15) is 25.3 Å². The summed E-state index contributed by atoms with van der Waals surface area (Å²) in [5, 5.41) is 0. The third-order valence-corrected chi connectivity index (χ3v) is 3.37. The first-order valence-electron chi connectivity index (χ1n) is 6.95. The summed E-state index contributed by atoms with van der Waals surface area (Å²) < 4.78 is 11.1. The van der Waals surface area contributed by atoms with Crippen molar-refractivity contribution in [1.29, 1.82) is 0 Å². The van der Waals surface area contributed by atoms with Crippen molar-refractivity contribution in [2.75, 3.05) is 14.2 Å². The van der Waals surface area contributed by atoms with Crippen LogP contribution in [0.4, 0.5) is 0 Å². The molecule has 0 atom stereocenters. The Labute approximate surface area is 120 Å². The van der Waals surface area contributed by atoms with Crippen molar-refractivity contribution in [3.63, 3.8) is 0 Å². The standard InChI is InChI=1S/C17H21NO2/c1-4-5-7-13-10-17(20-3)15(11-16(13)19-2)14-8-6-9-18-12-14/h6,8-12H,4-5,7H2,1-3H3. The first kappa shape index (κ1) is 14.4. The van der Waals surface area contributed by atoms with Gasteiger partial charge < -0.3 is 9.47 Å². The molecule has 0 spiro atoms. The van der Waals surface area contributed by atoms with Gasteiger partial charge in [-0.15, -0.1) is 0 Å². The Hall–Kier alpha value is -2.03. The normalized spacial score (nSPS) is 10.3. The smallest absolute Gasteiger partial charge is 0.127 e. The fourth-order valence-corrected chi connectivity index (χ4v) is 2.27. The molecule has 3 nitrogen and oxygen atoms in total. The highest BCUT2D eigenvalue weighted by Crippen LogP contribution is 2.36. The molecule has 106 valence electrons. The number of rotatable bonds is 6. The van der Waals surface area contributed by atoms with Gasteiger partial charge in [0.2, 0.25) is 0 Å². The number of hydrogen-bond donors (Lipinski definition) is 0. The molecule has 0 amide bonds. The molecule has 1 aromatic heterocycles. The van der Waals surface area contributed by atoms with Crippen molar-refractivity contribution in [2.24, 2.45) is 0 Å². The summed E-state index contributed by atoms with van der Waals surface area (Å²) in [5.74, 6) is 1.78. The van der Waals surface area contributed by atoms with Gasteiger partial charge in [-0.2, -0.15) is 0 Å². The predicted molar refractivity (Wildman–Crippen MR) is 81.4 cm³/mol. The van der Waals surface area contributed by atoms with Crippen LogP contribution < -0.4 is 9.47 Å². The van der Waals surface area contributed by atoms with Crippen LogP contribution in [0.3, 0.4) is 0 Å². The largest absolute Gasteiger partial charge is 0.496 e. The van der Waals surface area contributed by atoms with Gasteiger partial charge in [-0.1, -0.05) is 19.4 Å². The summed E-state index contributed by atoms with van der Waals surface area (Å²) in [4.78, 5) is 4.17. The first-order valence-corrected chi connectivity index (χ1v) is 6.95. The van der Waals surface area contributed by atoms with E-state index in [1.54, 1.807) is 20.4 Å². The number of benzene rings is 1. The molecular formula is C17H21NO2. The first-order chi connectivity index (χ1) is 9.80. The van der Waals surface area contributed by atoms with Crippen LogP contribution in [0.25, 0.3) is 11.1 Å². The average molecular weight is 271 g/mol. The molecule has 2 rings (SSSR count). The fraction of sp³-hybridized carbons (Fsp3) is 0.353. The van der Waals surface area contributed by atoms with Crippen molar-refractivity contribution in [3.8, 4) is 22.6 Å². The molecule has 1 heterocycles. The third-order valence-electron chi connectivity index (χ3n) is 3.37. The van der Waals surface area contributed by atoms with Crippen LogP contribution in [-0.2, 0) is 6.42 Å². The van der Waals surface area contributed by atoms with Gasteiger partial charge in [0.05, 0.1) is 14.2 Å². The zero-order chi connectivity index (χ0) is 14.4. The lowest BCUT2D eigenvalue weighted by atomic mass is 10.00. The van der Waals surface area contributed by atoms with E-state index >= 15 is 0 Å². The highest BCUT2D eigenvalue weighted by Gasteiger charge is 2.12. The number of methoxy groups -OCH3 is 2. The highest BCUT2D eigenvalue weighted by atomic mass is 16.5. The molecule has 0 aliphatic heterocycles. The molecule has 3 heteroatoms. The number of nitrogens with zero attached hydrogens (tertiary/aromatic N) is 1. The predicted octanol–water partition coefficient (Wildman–Crippen LogP) is 4.11. The lowest BCUT2D eigenvalue weighted by Crippen LogP contribution is -1.97. The van der Waals surface area contributed by atoms with Crippen LogP contribution in [0.5, 0.6) is 11.5 Å². The van der Waals surface area contributed by atoms with Crippen molar-refractivity contribution < 1.29 is 9.47 Å². The van der Waals surface area contributed by atoms with Gasteiger partial charge in [0.25, 0.3) is 0 Å². The molecule has 0 saturated carbocycles. The minimum atomic E-state index is 0.866. The zero-order valence-corrected chi connectivity index (χ0v) is 12.3. The van der Waals surface area contributed by atoms with E-state index in [2.05, 4.69) is 18.0 Å². The summed E-state index contributed by atoms with van der Waals surface area (Å²) >= 11 is 0. The Morgan fingerprint density at radius 2 is 1.90 bits per heavy atom. The second-order valence-corrected chi connectivity index (χ2v) is 4.71. The molecule has 0 bridgehead atoms. The van der Waals surface area contributed by atoms with Gasteiger partial charge in [0, 0.05) is 23.5 Å². The molecule has 2 aromatic rings. The topological polar surface area (TPSA) is 31.4 Å². The van der Waals surface area contributed by atoms with Gasteiger partial charge in [-0.3, -0.25) is 4.98 Å². The number of pyridine rings is 1. The quantitative estimate of drug-likeness (QED) is 0.792. The fourth-order valence-electron chi connectivity index (χ4n) is 2.27. The summed E-state index contributed by atoms with van der Waals surface area (Å²) in [5.41, 5.74) is 3.24. The third kappa shape index (κ3) is 3.10. The average Bonchev–Trinajstić information content (AvgIpc) is 2.52. The van der Waals surface area contributed by atoms with E-state index in [4.69, 9.17) is 9.47 Å². The molecule has 20 heavy (non-hydrogen) atoms. The van der Waals surface area contributed by atoms with Crippen molar-refractivity contribution in [2.45, 2.75) is 26.2 Å². The Bertz CT molecular complexity index is 552. The second-order valence-electron chi connectivity index (χ2n) is 4.71. The zero-order valence-electron chi connectivity index (χ0n) is 12.3. The maximum Gasteiger partial charge on any atom is 0.127 e. The summed E-state index contributed by atoms with van der Waals surface area (Å²) in [6.45, 7) is 2.19. The monoisotopic (exact) mass is 271 g/mol. The maximum atomic E-state index is 5.54. The molecular weight excluding hydrogens is 250 g/mol. The van der Waals surface area contributed by atoms with Gasteiger partial charge in [0.1, 0.15) is 11.5 Å².